The molecule has 0 fully saturated rings. The molecule has 0 aliphatic heterocycles. The summed E-state index contributed by atoms with van der Waals surface area (Å²) in [7, 11) is 0. The van der Waals surface area contributed by atoms with Gasteiger partial charge < -0.3 is 20.1 Å². The number of carbonyl (C=O) groups is 3. The van der Waals surface area contributed by atoms with Gasteiger partial charge in [0.2, 0.25) is 0 Å². The molecule has 8 heteroatoms. The number of aromatic nitrogens is 1. The van der Waals surface area contributed by atoms with Crippen LogP contribution in [0.1, 0.15) is 23.0 Å². The molecule has 0 aliphatic rings. The maximum absolute atomic E-state index is 12.8. The van der Waals surface area contributed by atoms with E-state index < -0.39 is 30.9 Å². The van der Waals surface area contributed by atoms with Crippen LogP contribution in [0.25, 0.3) is 21.7 Å². The lowest BCUT2D eigenvalue weighted by molar-refractivity contribution is -0.139. The highest BCUT2D eigenvalue weighted by Crippen LogP contribution is 2.40. The number of nitrogens with zero attached hydrogens (tertiary/aromatic N) is 1. The third-order valence-electron chi connectivity index (χ3n) is 5.09. The molecule has 34 heavy (non-hydrogen) atoms. The Hall–Kier alpha value is -4.38. The number of halogens is 1. The number of allylic oxidation sites excluding steroid dienone is 4. The molecule has 0 unspecified atom stereocenters. The van der Waals surface area contributed by atoms with E-state index in [1.165, 1.54) is 6.08 Å². The van der Waals surface area contributed by atoms with E-state index in [9.17, 15) is 18.8 Å². The van der Waals surface area contributed by atoms with Crippen molar-refractivity contribution < 1.29 is 28.6 Å². The quantitative estimate of drug-likeness (QED) is 0.216. The number of alkyl halides is 1. The fraction of sp³-hybridized carbons (Fsp3) is 0.192. The van der Waals surface area contributed by atoms with Crippen LogP contribution in [0, 0.1) is 19.8 Å². The maximum Gasteiger partial charge on any atom is 0.341 e. The number of aliphatic carboxylic acids is 1. The second kappa shape index (κ2) is 11.5. The molecule has 1 heterocycles. The fourth-order valence-corrected chi connectivity index (χ4v) is 3.73. The normalized spacial score (nSPS) is 11.4. The Kier molecular flexibility index (Phi) is 8.73. The topological polar surface area (TPSA) is 112 Å². The molecule has 176 valence electrons. The van der Waals surface area contributed by atoms with Crippen molar-refractivity contribution in [1.82, 2.24) is 4.57 Å². The van der Waals surface area contributed by atoms with Gasteiger partial charge in [-0.15, -0.1) is 12.8 Å². The molecule has 3 N–H and O–H groups in total. The van der Waals surface area contributed by atoms with E-state index in [0.717, 1.165) is 11.0 Å². The summed E-state index contributed by atoms with van der Waals surface area (Å²) in [6.07, 6.45) is 12.7. The third-order valence-corrected chi connectivity index (χ3v) is 5.09. The molecule has 0 atom stereocenters. The molecule has 0 bridgehead atoms. The third kappa shape index (κ3) is 5.33. The number of carbonyl (C=O) groups excluding carboxylic acids is 2. The number of fused-ring (bicyclic) bond motifs is 2. The number of rotatable bonds is 9. The van der Waals surface area contributed by atoms with Crippen LogP contribution < -0.4 is 10.5 Å². The Labute approximate surface area is 196 Å². The first-order valence-electron chi connectivity index (χ1n) is 10.2. The van der Waals surface area contributed by atoms with Crippen LogP contribution in [0.15, 0.2) is 54.1 Å². The van der Waals surface area contributed by atoms with E-state index in [-0.39, 0.29) is 11.3 Å². The first kappa shape index (κ1) is 25.9. The number of ether oxygens (including phenoxy) is 1. The minimum atomic E-state index is -1.18. The minimum Gasteiger partial charge on any atom is -0.481 e. The van der Waals surface area contributed by atoms with Crippen molar-refractivity contribution in [3.05, 3.63) is 65.4 Å². The highest BCUT2D eigenvalue weighted by molar-refractivity contribution is 6.45. The van der Waals surface area contributed by atoms with Crippen molar-refractivity contribution in [2.24, 2.45) is 5.73 Å². The van der Waals surface area contributed by atoms with Crippen molar-refractivity contribution in [2.45, 2.75) is 20.4 Å². The van der Waals surface area contributed by atoms with Crippen molar-refractivity contribution in [3.63, 3.8) is 0 Å². The molecule has 0 saturated carbocycles. The van der Waals surface area contributed by atoms with Gasteiger partial charge in [0.1, 0.15) is 12.4 Å². The summed E-state index contributed by atoms with van der Waals surface area (Å²) in [5.41, 5.74) is 7.34. The lowest BCUT2D eigenvalue weighted by Gasteiger charge is -2.12. The predicted octanol–water partition coefficient (Wildman–Crippen LogP) is 3.96. The van der Waals surface area contributed by atoms with Gasteiger partial charge in [0.25, 0.3) is 11.7 Å². The Bertz CT molecular complexity index is 1330. The number of Topliss-reactive ketones (excluding diaryl/α,β-unsaturated/α-hetero) is 1. The summed E-state index contributed by atoms with van der Waals surface area (Å²) >= 11 is 0. The average Bonchev–Trinajstić information content (AvgIpc) is 3.08. The zero-order valence-corrected chi connectivity index (χ0v) is 18.9. The molecule has 0 radical (unpaired) electrons. The Morgan fingerprint density at radius 2 is 1.91 bits per heavy atom. The molecule has 3 aromatic rings. The van der Waals surface area contributed by atoms with Crippen molar-refractivity contribution in [1.29, 1.82) is 0 Å². The fourth-order valence-electron chi connectivity index (χ4n) is 3.73. The van der Waals surface area contributed by atoms with Gasteiger partial charge in [0.05, 0.1) is 16.5 Å². The van der Waals surface area contributed by atoms with Crippen LogP contribution in [-0.4, -0.2) is 40.6 Å². The molecule has 7 nitrogen and oxygen atoms in total. The van der Waals surface area contributed by atoms with Crippen LogP contribution in [0.5, 0.6) is 5.75 Å². The van der Waals surface area contributed by atoms with Gasteiger partial charge in [-0.2, -0.15) is 0 Å². The highest BCUT2D eigenvalue weighted by Gasteiger charge is 2.27. The summed E-state index contributed by atoms with van der Waals surface area (Å²) in [5.74, 6) is -2.99. The van der Waals surface area contributed by atoms with Crippen LogP contribution in [0.4, 0.5) is 4.39 Å². The van der Waals surface area contributed by atoms with Crippen LogP contribution >= 0.6 is 0 Å². The molecule has 1 aromatic heterocycles. The number of carboxylic acid groups (broad SMARTS) is 1. The van der Waals surface area contributed by atoms with Crippen LogP contribution in [0.3, 0.4) is 0 Å². The van der Waals surface area contributed by atoms with Gasteiger partial charge in [0, 0.05) is 17.6 Å². The van der Waals surface area contributed by atoms with E-state index in [1.54, 1.807) is 31.2 Å². The molecule has 0 spiro atoms. The standard InChI is InChI=1S/C24H23FN2O5.C2H2/c1-14(7-5-6-10-25)12-27-15(2)20(22(30)24(26)31)21-18(27)11-16-8-3-4-9-17(16)23(21)32-13-19(28)29;1-2/h3-9,11H,10,12-13H2,1-2H3,(H2,26,31)(H,28,29);1-2H/b6-5-,14-7+;. The van der Waals surface area contributed by atoms with Gasteiger partial charge >= 0.3 is 5.97 Å². The molecular weight excluding hydrogens is 439 g/mol. The second-order valence-corrected chi connectivity index (χ2v) is 7.34. The number of ketones is 1. The summed E-state index contributed by atoms with van der Waals surface area (Å²) in [4.78, 5) is 35.8. The monoisotopic (exact) mass is 464 g/mol. The Morgan fingerprint density at radius 3 is 2.53 bits per heavy atom. The van der Waals surface area contributed by atoms with Gasteiger partial charge in [-0.05, 0) is 25.3 Å². The van der Waals surface area contributed by atoms with Gasteiger partial charge in [-0.3, -0.25) is 9.59 Å². The first-order valence-corrected chi connectivity index (χ1v) is 10.2. The lowest BCUT2D eigenvalue weighted by atomic mass is 10.0. The van der Waals surface area contributed by atoms with E-state index in [2.05, 4.69) is 12.8 Å². The number of hydrogen-bond acceptors (Lipinski definition) is 4. The van der Waals surface area contributed by atoms with Crippen molar-refractivity contribution >= 4 is 39.3 Å². The van der Waals surface area contributed by atoms with Crippen molar-refractivity contribution in [3.8, 4) is 18.6 Å². The summed E-state index contributed by atoms with van der Waals surface area (Å²) in [6, 6.07) is 9.05. The Balaban J connectivity index is 0.00000199. The number of terminal acetylenes is 1. The number of carboxylic acids is 1. The Morgan fingerprint density at radius 1 is 1.24 bits per heavy atom. The molecular formula is C26H25FN2O5. The van der Waals surface area contributed by atoms with E-state index >= 15 is 0 Å². The highest BCUT2D eigenvalue weighted by atomic mass is 19.1. The molecule has 3 rings (SSSR count). The first-order chi connectivity index (χ1) is 16.3. The molecule has 2 aromatic carbocycles. The maximum atomic E-state index is 12.8. The average molecular weight is 464 g/mol. The van der Waals surface area contributed by atoms with E-state index in [4.69, 9.17) is 15.6 Å². The van der Waals surface area contributed by atoms with Crippen molar-refractivity contribution in [2.75, 3.05) is 13.3 Å². The van der Waals surface area contributed by atoms with E-state index in [0.29, 0.717) is 28.5 Å². The van der Waals surface area contributed by atoms with Gasteiger partial charge in [-0.1, -0.05) is 48.1 Å². The zero-order valence-electron chi connectivity index (χ0n) is 18.9. The minimum absolute atomic E-state index is 0.0748. The molecule has 0 aliphatic carbocycles. The summed E-state index contributed by atoms with van der Waals surface area (Å²) in [6.45, 7) is 2.69. The van der Waals surface area contributed by atoms with Crippen LogP contribution in [-0.2, 0) is 16.1 Å². The number of nitrogens with two attached hydrogens (primary N) is 1. The second-order valence-electron chi connectivity index (χ2n) is 7.34. The largest absolute Gasteiger partial charge is 0.481 e. The number of benzene rings is 2. The zero-order chi connectivity index (χ0) is 25.4. The van der Waals surface area contributed by atoms with E-state index in [1.807, 2.05) is 29.7 Å². The molecule has 1 amide bonds. The predicted molar refractivity (Wildman–Crippen MR) is 130 cm³/mol. The SMILES string of the molecule is C#C.C/C(=C\C=C/CF)Cn1c(C)c(C(=O)C(N)=O)c2c(OCC(=O)O)c3ccccc3cc21. The number of primary amides is 1. The smallest absolute Gasteiger partial charge is 0.341 e. The number of amides is 1. The van der Waals surface area contributed by atoms with Gasteiger partial charge in [-0.25, -0.2) is 9.18 Å². The summed E-state index contributed by atoms with van der Waals surface area (Å²) in [5, 5.41) is 10.9. The van der Waals surface area contributed by atoms with Crippen LogP contribution in [0.2, 0.25) is 0 Å². The summed E-state index contributed by atoms with van der Waals surface area (Å²) < 4.78 is 19.8. The molecule has 0 saturated heterocycles. The number of hydrogen-bond donors (Lipinski definition) is 2. The van der Waals surface area contributed by atoms with Gasteiger partial charge in [0.15, 0.2) is 6.61 Å². The lowest BCUT2D eigenvalue weighted by Crippen LogP contribution is -2.24.